The summed E-state index contributed by atoms with van der Waals surface area (Å²) in [5, 5.41) is 5.37. The third-order valence-corrected chi connectivity index (χ3v) is 5.70. The van der Waals surface area contributed by atoms with Crippen molar-refractivity contribution in [2.75, 3.05) is 21.7 Å². The van der Waals surface area contributed by atoms with Gasteiger partial charge < -0.3 is 10.6 Å². The van der Waals surface area contributed by atoms with Gasteiger partial charge in [-0.15, -0.1) is 0 Å². The van der Waals surface area contributed by atoms with Crippen molar-refractivity contribution in [2.24, 2.45) is 0 Å². The number of halogens is 1. The summed E-state index contributed by atoms with van der Waals surface area (Å²) in [6.45, 7) is 9.02. The highest BCUT2D eigenvalue weighted by Gasteiger charge is 2.30. The molecule has 2 atom stereocenters. The number of benzene rings is 2. The Bertz CT molecular complexity index is 1020. The maximum Gasteiger partial charge on any atom is 0.243 e. The molecule has 0 fully saturated rings. The second-order valence-corrected chi connectivity index (χ2v) is 10.3. The Morgan fingerprint density at radius 1 is 1.00 bits per heavy atom. The first kappa shape index (κ1) is 26.2. The summed E-state index contributed by atoms with van der Waals surface area (Å²) < 4.78 is 25.6. The summed E-state index contributed by atoms with van der Waals surface area (Å²) in [7, 11) is -1.81. The molecular formula is C24H30FN3O4S. The van der Waals surface area contributed by atoms with Crippen molar-refractivity contribution in [1.29, 1.82) is 0 Å². The highest BCUT2D eigenvalue weighted by Crippen LogP contribution is 2.19. The van der Waals surface area contributed by atoms with Crippen LogP contribution < -0.4 is 15.5 Å². The van der Waals surface area contributed by atoms with E-state index in [9.17, 15) is 23.0 Å². The molecule has 33 heavy (non-hydrogen) atoms. The number of nitrogens with zero attached hydrogens (tertiary/aromatic N) is 1. The Balaban J connectivity index is 2.12. The molecule has 178 valence electrons. The predicted molar refractivity (Wildman–Crippen MR) is 129 cm³/mol. The minimum absolute atomic E-state index is 0.351. The maximum absolute atomic E-state index is 13.1. The molecule has 0 radical (unpaired) electrons. The van der Waals surface area contributed by atoms with Crippen LogP contribution in [0.25, 0.3) is 0 Å². The molecule has 2 aromatic rings. The van der Waals surface area contributed by atoms with E-state index >= 15 is 0 Å². The lowest BCUT2D eigenvalue weighted by molar-refractivity contribution is -0.126. The van der Waals surface area contributed by atoms with Crippen LogP contribution in [0, 0.1) is 12.7 Å². The van der Waals surface area contributed by atoms with E-state index in [1.54, 1.807) is 19.1 Å². The quantitative estimate of drug-likeness (QED) is 0.613. The van der Waals surface area contributed by atoms with Crippen molar-refractivity contribution in [1.82, 2.24) is 5.32 Å². The smallest absolute Gasteiger partial charge is 0.243 e. The van der Waals surface area contributed by atoms with Crippen LogP contribution in [0.4, 0.5) is 15.8 Å². The summed E-state index contributed by atoms with van der Waals surface area (Å²) >= 11 is 0. The largest absolute Gasteiger partial charge is 0.350 e. The lowest BCUT2D eigenvalue weighted by Gasteiger charge is -2.31. The molecule has 2 aromatic carbocycles. The monoisotopic (exact) mass is 475 g/mol. The summed E-state index contributed by atoms with van der Waals surface area (Å²) in [6.07, 6.45) is 0. The van der Waals surface area contributed by atoms with Crippen molar-refractivity contribution < 1.29 is 23.0 Å². The summed E-state index contributed by atoms with van der Waals surface area (Å²) in [5.41, 5.74) is 1.35. The number of anilines is 2. The van der Waals surface area contributed by atoms with Crippen molar-refractivity contribution in [2.45, 2.75) is 46.2 Å². The molecule has 0 saturated heterocycles. The fraction of sp³-hybridized carbons (Fsp3) is 0.375. The number of carbonyl (C=O) groups excluding carboxylic acids is 3. The first-order valence-electron chi connectivity index (χ1n) is 10.5. The van der Waals surface area contributed by atoms with Gasteiger partial charge >= 0.3 is 0 Å². The van der Waals surface area contributed by atoms with Crippen molar-refractivity contribution in [3.63, 3.8) is 0 Å². The van der Waals surface area contributed by atoms with Crippen LogP contribution in [0.15, 0.2) is 48.5 Å². The van der Waals surface area contributed by atoms with Crippen LogP contribution in [-0.2, 0) is 25.2 Å². The van der Waals surface area contributed by atoms with Crippen LogP contribution in [0.3, 0.4) is 0 Å². The molecule has 2 N–H and O–H groups in total. The van der Waals surface area contributed by atoms with E-state index in [2.05, 4.69) is 10.6 Å². The third-order valence-electron chi connectivity index (χ3n) is 4.55. The molecule has 7 nitrogen and oxygen atoms in total. The lowest BCUT2D eigenvalue weighted by Crippen LogP contribution is -2.53. The second-order valence-electron chi connectivity index (χ2n) is 8.80. The summed E-state index contributed by atoms with van der Waals surface area (Å²) in [4.78, 5) is 39.4. The number of hydrogen-bond donors (Lipinski definition) is 2. The number of amides is 3. The molecule has 0 aliphatic carbocycles. The fourth-order valence-electron chi connectivity index (χ4n) is 3.02. The predicted octanol–water partition coefficient (Wildman–Crippen LogP) is 3.16. The van der Waals surface area contributed by atoms with Gasteiger partial charge in [0.05, 0.1) is 0 Å². The molecule has 0 aliphatic rings. The molecule has 0 heterocycles. The molecule has 0 bridgehead atoms. The van der Waals surface area contributed by atoms with Crippen molar-refractivity contribution in [3.05, 3.63) is 59.9 Å². The normalized spacial score (nSPS) is 13.0. The molecule has 9 heteroatoms. The maximum atomic E-state index is 13.1. The molecular weight excluding hydrogens is 445 g/mol. The minimum Gasteiger partial charge on any atom is -0.350 e. The van der Waals surface area contributed by atoms with Gasteiger partial charge in [-0.05, 0) is 71.0 Å². The molecule has 0 spiro atoms. The van der Waals surface area contributed by atoms with Crippen LogP contribution in [-0.4, -0.2) is 45.0 Å². The number of carbonyl (C=O) groups is 3. The SMILES string of the molecule is Cc1ccc(N(C(=O)C[S@@](=O)CC(=O)Nc2ccc(F)cc2)[C@H](C)C(=O)NC(C)(C)C)cc1. The van der Waals surface area contributed by atoms with Crippen molar-refractivity contribution in [3.8, 4) is 0 Å². The van der Waals surface area contributed by atoms with Crippen LogP contribution in [0.2, 0.25) is 0 Å². The minimum atomic E-state index is -1.81. The zero-order valence-electron chi connectivity index (χ0n) is 19.5. The van der Waals surface area contributed by atoms with E-state index in [1.165, 1.54) is 29.2 Å². The van der Waals surface area contributed by atoms with Gasteiger partial charge in [0.15, 0.2) is 0 Å². The fourth-order valence-corrected chi connectivity index (χ4v) is 3.90. The van der Waals surface area contributed by atoms with E-state index < -0.39 is 51.5 Å². The summed E-state index contributed by atoms with van der Waals surface area (Å²) in [6, 6.07) is 11.4. The number of hydrogen-bond acceptors (Lipinski definition) is 4. The van der Waals surface area contributed by atoms with Crippen LogP contribution in [0.1, 0.15) is 33.3 Å². The number of aryl methyl sites for hydroxylation is 1. The van der Waals surface area contributed by atoms with Crippen molar-refractivity contribution >= 4 is 39.9 Å². The van der Waals surface area contributed by atoms with Gasteiger partial charge in [-0.25, -0.2) is 4.39 Å². The Morgan fingerprint density at radius 3 is 2.12 bits per heavy atom. The van der Waals surface area contributed by atoms with Crippen LogP contribution in [0.5, 0.6) is 0 Å². The van der Waals surface area contributed by atoms with E-state index in [4.69, 9.17) is 0 Å². The Hall–Kier alpha value is -3.07. The van der Waals surface area contributed by atoms with Gasteiger partial charge in [0.25, 0.3) is 0 Å². The average molecular weight is 476 g/mol. The van der Waals surface area contributed by atoms with E-state index in [-0.39, 0.29) is 5.91 Å². The van der Waals surface area contributed by atoms with Gasteiger partial charge in [0.1, 0.15) is 23.4 Å². The lowest BCUT2D eigenvalue weighted by atomic mass is 10.1. The Kier molecular flexibility index (Phi) is 8.87. The topological polar surface area (TPSA) is 95.6 Å². The van der Waals surface area contributed by atoms with E-state index in [0.717, 1.165) is 5.56 Å². The third kappa shape index (κ3) is 8.42. The zero-order chi connectivity index (χ0) is 24.8. The highest BCUT2D eigenvalue weighted by molar-refractivity contribution is 7.86. The van der Waals surface area contributed by atoms with E-state index in [1.807, 2.05) is 39.8 Å². The highest BCUT2D eigenvalue weighted by atomic mass is 32.2. The first-order chi connectivity index (χ1) is 15.4. The van der Waals surface area contributed by atoms with E-state index in [0.29, 0.717) is 11.4 Å². The molecule has 0 aliphatic heterocycles. The Morgan fingerprint density at radius 2 is 1.58 bits per heavy atom. The van der Waals surface area contributed by atoms with Gasteiger partial charge in [0, 0.05) is 27.7 Å². The zero-order valence-corrected chi connectivity index (χ0v) is 20.3. The second kappa shape index (κ2) is 11.2. The van der Waals surface area contributed by atoms with Crippen LogP contribution >= 0.6 is 0 Å². The average Bonchev–Trinajstić information content (AvgIpc) is 2.69. The molecule has 3 amide bonds. The molecule has 0 saturated carbocycles. The van der Waals surface area contributed by atoms with Gasteiger partial charge in [-0.3, -0.25) is 23.5 Å². The van der Waals surface area contributed by atoms with Gasteiger partial charge in [-0.1, -0.05) is 17.7 Å². The molecule has 0 unspecified atom stereocenters. The standard InChI is InChI=1S/C24H30FN3O4S/c1-16-6-12-20(13-7-16)28(17(2)23(31)27-24(3,4)5)22(30)15-33(32)14-21(29)26-19-10-8-18(25)9-11-19/h6-13,17H,14-15H2,1-5H3,(H,26,29)(H,27,31)/t17-,33+/m1/s1. The van der Waals surface area contributed by atoms with Gasteiger partial charge in [0.2, 0.25) is 17.7 Å². The molecule has 2 rings (SSSR count). The summed E-state index contributed by atoms with van der Waals surface area (Å²) in [5.74, 6) is -2.73. The molecule has 0 aromatic heterocycles. The number of nitrogens with one attached hydrogen (secondary N) is 2. The Labute approximate surface area is 196 Å². The van der Waals surface area contributed by atoms with Gasteiger partial charge in [-0.2, -0.15) is 0 Å². The number of rotatable bonds is 8. The first-order valence-corrected chi connectivity index (χ1v) is 12.0.